The van der Waals surface area contributed by atoms with Crippen LogP contribution in [0.2, 0.25) is 5.54 Å². The topological polar surface area (TPSA) is 36.9 Å². The molecule has 1 atom stereocenters. The summed E-state index contributed by atoms with van der Waals surface area (Å²) in [6.45, 7) is 5.17. The molecule has 2 fully saturated rings. The first-order chi connectivity index (χ1) is 8.83. The molecular weight excluding hydrogens is 248 g/mol. The number of para-hydroxylation sites is 1. The van der Waals surface area contributed by atoms with Gasteiger partial charge in [-0.3, -0.25) is 0 Å². The normalized spacial score (nSPS) is 23.9. The Kier molecular flexibility index (Phi) is 3.65. The number of hydrogen-bond acceptors (Lipinski definition) is 4. The van der Waals surface area contributed by atoms with Crippen molar-refractivity contribution in [2.24, 2.45) is 0 Å². The molecule has 1 aromatic rings. The lowest BCUT2D eigenvalue weighted by molar-refractivity contribution is -0.427. The highest BCUT2D eigenvalue weighted by Crippen LogP contribution is 2.20. The molecular formula is C13H18O4Si. The van der Waals surface area contributed by atoms with Crippen molar-refractivity contribution < 1.29 is 19.2 Å². The third-order valence-corrected chi connectivity index (χ3v) is 5.43. The van der Waals surface area contributed by atoms with Gasteiger partial charge in [-0.05, 0) is 23.2 Å². The molecule has 0 spiro atoms. The van der Waals surface area contributed by atoms with Crippen molar-refractivity contribution in [3.8, 4) is 5.75 Å². The van der Waals surface area contributed by atoms with Crippen molar-refractivity contribution in [2.75, 3.05) is 26.4 Å². The molecule has 2 aliphatic rings. The van der Waals surface area contributed by atoms with Crippen molar-refractivity contribution >= 4 is 14.7 Å². The minimum atomic E-state index is -0.306. The standard InChI is InChI=1S/C13H18O4Si/c1-9-3-2-4-12(18-11-7-14-8-11)13(9)15-5-10-6-16-17-10/h2-4,10-11H,5-8,18H2,1H3. The fourth-order valence-corrected chi connectivity index (χ4v) is 4.24. The van der Waals surface area contributed by atoms with Crippen LogP contribution < -0.4 is 9.92 Å². The van der Waals surface area contributed by atoms with Crippen molar-refractivity contribution in [1.29, 1.82) is 0 Å². The van der Waals surface area contributed by atoms with E-state index in [4.69, 9.17) is 14.4 Å². The Balaban J connectivity index is 1.67. The zero-order valence-electron chi connectivity index (χ0n) is 10.6. The first-order valence-corrected chi connectivity index (χ1v) is 7.92. The Labute approximate surface area is 109 Å². The van der Waals surface area contributed by atoms with E-state index in [-0.39, 0.29) is 15.6 Å². The van der Waals surface area contributed by atoms with Crippen LogP contribution in [0.25, 0.3) is 0 Å². The second kappa shape index (κ2) is 5.40. The highest BCUT2D eigenvalue weighted by Gasteiger charge is 2.24. The van der Waals surface area contributed by atoms with E-state index in [9.17, 15) is 0 Å². The molecule has 0 N–H and O–H groups in total. The third-order valence-electron chi connectivity index (χ3n) is 3.38. The van der Waals surface area contributed by atoms with Crippen LogP contribution in [0.4, 0.5) is 0 Å². The maximum absolute atomic E-state index is 5.93. The molecule has 5 heteroatoms. The van der Waals surface area contributed by atoms with Gasteiger partial charge in [0.15, 0.2) is 6.10 Å². The van der Waals surface area contributed by atoms with Crippen LogP contribution in [-0.4, -0.2) is 42.1 Å². The largest absolute Gasteiger partial charge is 0.491 e. The van der Waals surface area contributed by atoms with Gasteiger partial charge in [-0.15, -0.1) is 0 Å². The van der Waals surface area contributed by atoms with Gasteiger partial charge in [0, 0.05) is 13.2 Å². The molecule has 0 bridgehead atoms. The van der Waals surface area contributed by atoms with Crippen LogP contribution in [0, 0.1) is 6.92 Å². The SMILES string of the molecule is Cc1cccc([SiH2]C2COC2)c1OCC1COO1. The predicted molar refractivity (Wildman–Crippen MR) is 70.2 cm³/mol. The van der Waals surface area contributed by atoms with Crippen LogP contribution in [0.1, 0.15) is 5.56 Å². The molecule has 3 rings (SSSR count). The smallest absolute Gasteiger partial charge is 0.153 e. The monoisotopic (exact) mass is 266 g/mol. The molecule has 0 aliphatic carbocycles. The van der Waals surface area contributed by atoms with E-state index in [1.807, 2.05) is 0 Å². The van der Waals surface area contributed by atoms with E-state index >= 15 is 0 Å². The fourth-order valence-electron chi connectivity index (χ4n) is 2.21. The van der Waals surface area contributed by atoms with Gasteiger partial charge in [-0.2, -0.15) is 0 Å². The Morgan fingerprint density at radius 3 is 2.78 bits per heavy atom. The van der Waals surface area contributed by atoms with E-state index < -0.39 is 0 Å². The maximum Gasteiger partial charge on any atom is 0.153 e. The van der Waals surface area contributed by atoms with E-state index in [1.165, 1.54) is 10.8 Å². The molecule has 4 nitrogen and oxygen atoms in total. The predicted octanol–water partition coefficient (Wildman–Crippen LogP) is 0.317. The molecule has 0 saturated carbocycles. The van der Waals surface area contributed by atoms with Crippen molar-refractivity contribution in [1.82, 2.24) is 0 Å². The Morgan fingerprint density at radius 1 is 1.33 bits per heavy atom. The molecule has 2 aliphatic heterocycles. The first-order valence-electron chi connectivity index (χ1n) is 6.40. The average Bonchev–Trinajstić information content (AvgIpc) is 2.24. The van der Waals surface area contributed by atoms with Gasteiger partial charge in [0.25, 0.3) is 0 Å². The van der Waals surface area contributed by atoms with Crippen molar-refractivity contribution in [3.05, 3.63) is 23.8 Å². The Bertz CT molecular complexity index is 415. The van der Waals surface area contributed by atoms with Crippen LogP contribution in [0.15, 0.2) is 18.2 Å². The van der Waals surface area contributed by atoms with Gasteiger partial charge >= 0.3 is 0 Å². The van der Waals surface area contributed by atoms with E-state index in [2.05, 4.69) is 30.0 Å². The molecule has 2 saturated heterocycles. The van der Waals surface area contributed by atoms with Crippen LogP contribution in [0.3, 0.4) is 0 Å². The van der Waals surface area contributed by atoms with Gasteiger partial charge in [0.2, 0.25) is 0 Å². The molecule has 1 aromatic carbocycles. The molecule has 0 aromatic heterocycles. The summed E-state index contributed by atoms with van der Waals surface area (Å²) < 4.78 is 11.2. The van der Waals surface area contributed by atoms with Crippen LogP contribution in [0.5, 0.6) is 5.75 Å². The fraction of sp³-hybridized carbons (Fsp3) is 0.538. The summed E-state index contributed by atoms with van der Waals surface area (Å²) in [5.41, 5.74) is 1.98. The van der Waals surface area contributed by atoms with Gasteiger partial charge < -0.3 is 9.47 Å². The highest BCUT2D eigenvalue weighted by atomic mass is 28.2. The van der Waals surface area contributed by atoms with E-state index in [0.717, 1.165) is 24.5 Å². The van der Waals surface area contributed by atoms with Crippen molar-refractivity contribution in [2.45, 2.75) is 18.6 Å². The Hall–Kier alpha value is -0.883. The lowest BCUT2D eigenvalue weighted by Gasteiger charge is -2.28. The third kappa shape index (κ3) is 2.59. The first kappa shape index (κ1) is 12.2. The molecule has 98 valence electrons. The van der Waals surface area contributed by atoms with Gasteiger partial charge in [-0.1, -0.05) is 18.2 Å². The molecule has 0 radical (unpaired) electrons. The maximum atomic E-state index is 5.93. The van der Waals surface area contributed by atoms with Crippen LogP contribution >= 0.6 is 0 Å². The van der Waals surface area contributed by atoms with Gasteiger partial charge in [-0.25, -0.2) is 9.78 Å². The zero-order chi connectivity index (χ0) is 12.4. The molecule has 18 heavy (non-hydrogen) atoms. The second-order valence-corrected chi connectivity index (χ2v) is 7.31. The summed E-state index contributed by atoms with van der Waals surface area (Å²) in [6.07, 6.45) is 0.0890. The molecule has 0 amide bonds. The summed E-state index contributed by atoms with van der Waals surface area (Å²) >= 11 is 0. The lowest BCUT2D eigenvalue weighted by Crippen LogP contribution is -2.38. The number of rotatable bonds is 5. The highest BCUT2D eigenvalue weighted by molar-refractivity contribution is 6.56. The quantitative estimate of drug-likeness (QED) is 0.568. The number of ether oxygens (including phenoxy) is 2. The number of benzene rings is 1. The number of hydrogen-bond donors (Lipinski definition) is 0. The van der Waals surface area contributed by atoms with E-state index in [0.29, 0.717) is 13.2 Å². The minimum absolute atomic E-state index is 0.0890. The minimum Gasteiger partial charge on any atom is -0.491 e. The summed E-state index contributed by atoms with van der Waals surface area (Å²) in [6, 6.07) is 6.42. The van der Waals surface area contributed by atoms with Crippen LogP contribution in [-0.2, 0) is 14.5 Å². The second-order valence-electron chi connectivity index (χ2n) is 4.98. The van der Waals surface area contributed by atoms with E-state index in [1.54, 1.807) is 0 Å². The van der Waals surface area contributed by atoms with Crippen molar-refractivity contribution in [3.63, 3.8) is 0 Å². The summed E-state index contributed by atoms with van der Waals surface area (Å²) in [7, 11) is -0.306. The summed E-state index contributed by atoms with van der Waals surface area (Å²) in [5, 5.41) is 1.41. The van der Waals surface area contributed by atoms with Gasteiger partial charge in [0.05, 0.1) is 9.52 Å². The molecule has 2 heterocycles. The molecule has 1 unspecified atom stereocenters. The number of aryl methyl sites for hydroxylation is 1. The lowest BCUT2D eigenvalue weighted by atomic mass is 10.2. The Morgan fingerprint density at radius 2 is 2.17 bits per heavy atom. The summed E-state index contributed by atoms with van der Waals surface area (Å²) in [4.78, 5) is 9.60. The summed E-state index contributed by atoms with van der Waals surface area (Å²) in [5.74, 6) is 1.06. The zero-order valence-corrected chi connectivity index (χ0v) is 12.0. The van der Waals surface area contributed by atoms with Gasteiger partial charge in [0.1, 0.15) is 19.0 Å². The average molecular weight is 266 g/mol.